The number of nitrogens with one attached hydrogen (secondary N) is 2. The largest absolute Gasteiger partial charge is 0.357 e. The monoisotopic (exact) mass is 508 g/mol. The molecule has 0 amide bonds. The highest BCUT2D eigenvalue weighted by atomic mass is 127. The van der Waals surface area contributed by atoms with Gasteiger partial charge in [0.05, 0.1) is 5.01 Å². The Kier molecular flexibility index (Phi) is 11.9. The van der Waals surface area contributed by atoms with E-state index in [9.17, 15) is 4.39 Å². The van der Waals surface area contributed by atoms with E-state index in [-0.39, 0.29) is 29.8 Å². The van der Waals surface area contributed by atoms with Gasteiger partial charge in [0, 0.05) is 42.0 Å². The Bertz CT molecular complexity index is 661. The van der Waals surface area contributed by atoms with E-state index in [4.69, 9.17) is 0 Å². The van der Waals surface area contributed by atoms with Crippen LogP contribution in [0.15, 0.2) is 40.4 Å². The number of nitrogens with zero attached hydrogens (tertiary/aromatic N) is 2. The first kappa shape index (κ1) is 23.2. The fourth-order valence-electron chi connectivity index (χ4n) is 2.12. The first-order chi connectivity index (χ1) is 12.2. The lowest BCUT2D eigenvalue weighted by atomic mass is 10.4. The average Bonchev–Trinajstić information content (AvgIpc) is 3.01. The minimum atomic E-state index is -0.191. The van der Waals surface area contributed by atoms with E-state index in [1.807, 2.05) is 18.3 Å². The molecule has 8 heteroatoms. The molecule has 0 saturated heterocycles. The SMILES string of the molecule is CCNC(=NCCCSc1ccc(F)cc1)NCCc1ncc(C)s1.I. The van der Waals surface area contributed by atoms with Crippen LogP contribution >= 0.6 is 47.1 Å². The molecule has 0 aliphatic carbocycles. The molecule has 0 spiro atoms. The molecule has 1 aromatic carbocycles. The molecule has 0 bridgehead atoms. The van der Waals surface area contributed by atoms with E-state index in [1.54, 1.807) is 23.1 Å². The number of halogens is 2. The molecule has 4 nitrogen and oxygen atoms in total. The van der Waals surface area contributed by atoms with E-state index >= 15 is 0 Å². The summed E-state index contributed by atoms with van der Waals surface area (Å²) in [7, 11) is 0. The second-order valence-corrected chi connectivity index (χ2v) is 7.95. The summed E-state index contributed by atoms with van der Waals surface area (Å²) in [5.41, 5.74) is 0. The summed E-state index contributed by atoms with van der Waals surface area (Å²) in [6, 6.07) is 6.62. The van der Waals surface area contributed by atoms with Crippen molar-refractivity contribution in [2.45, 2.75) is 31.6 Å². The summed E-state index contributed by atoms with van der Waals surface area (Å²) < 4.78 is 12.9. The van der Waals surface area contributed by atoms with Crippen LogP contribution in [0.5, 0.6) is 0 Å². The zero-order valence-electron chi connectivity index (χ0n) is 15.1. The Hall–Kier alpha value is -0.870. The summed E-state index contributed by atoms with van der Waals surface area (Å²) in [6.45, 7) is 6.56. The van der Waals surface area contributed by atoms with Crippen molar-refractivity contribution in [3.8, 4) is 0 Å². The highest BCUT2D eigenvalue weighted by molar-refractivity contribution is 14.0. The number of hydrogen-bond donors (Lipinski definition) is 2. The zero-order chi connectivity index (χ0) is 17.9. The highest BCUT2D eigenvalue weighted by Gasteiger charge is 2.01. The Balaban J connectivity index is 0.00000338. The van der Waals surface area contributed by atoms with Gasteiger partial charge in [-0.2, -0.15) is 0 Å². The molecule has 0 atom stereocenters. The number of benzene rings is 1. The van der Waals surface area contributed by atoms with Gasteiger partial charge in [-0.1, -0.05) is 0 Å². The molecule has 2 rings (SSSR count). The number of guanidine groups is 1. The van der Waals surface area contributed by atoms with E-state index in [1.165, 1.54) is 17.0 Å². The van der Waals surface area contributed by atoms with Gasteiger partial charge < -0.3 is 10.6 Å². The first-order valence-corrected chi connectivity index (χ1v) is 10.3. The predicted octanol–water partition coefficient (Wildman–Crippen LogP) is 4.49. The molecule has 0 radical (unpaired) electrons. The maximum Gasteiger partial charge on any atom is 0.191 e. The number of aromatic nitrogens is 1. The highest BCUT2D eigenvalue weighted by Crippen LogP contribution is 2.18. The number of thioether (sulfide) groups is 1. The fourth-order valence-corrected chi connectivity index (χ4v) is 3.75. The number of hydrogen-bond acceptors (Lipinski definition) is 4. The van der Waals surface area contributed by atoms with E-state index in [0.717, 1.165) is 54.1 Å². The predicted molar refractivity (Wildman–Crippen MR) is 122 cm³/mol. The molecule has 144 valence electrons. The van der Waals surface area contributed by atoms with Crippen LogP contribution in [0.2, 0.25) is 0 Å². The number of rotatable bonds is 9. The van der Waals surface area contributed by atoms with Crippen molar-refractivity contribution in [2.75, 3.05) is 25.4 Å². The third-order valence-electron chi connectivity index (χ3n) is 3.30. The molecule has 1 heterocycles. The van der Waals surface area contributed by atoms with Gasteiger partial charge in [-0.3, -0.25) is 4.99 Å². The van der Waals surface area contributed by atoms with Crippen LogP contribution in [0.3, 0.4) is 0 Å². The number of aliphatic imine (C=N–C) groups is 1. The Morgan fingerprint density at radius 2 is 2.04 bits per heavy atom. The van der Waals surface area contributed by atoms with Gasteiger partial charge >= 0.3 is 0 Å². The molecule has 2 N–H and O–H groups in total. The smallest absolute Gasteiger partial charge is 0.191 e. The Morgan fingerprint density at radius 3 is 2.69 bits per heavy atom. The maximum atomic E-state index is 12.9. The van der Waals surface area contributed by atoms with Crippen molar-refractivity contribution in [1.29, 1.82) is 0 Å². The zero-order valence-corrected chi connectivity index (χ0v) is 19.1. The molecule has 0 aliphatic rings. The van der Waals surface area contributed by atoms with Crippen LogP contribution in [0.1, 0.15) is 23.2 Å². The van der Waals surface area contributed by atoms with Crippen molar-refractivity contribution in [3.63, 3.8) is 0 Å². The maximum absolute atomic E-state index is 12.9. The van der Waals surface area contributed by atoms with Gasteiger partial charge in [0.2, 0.25) is 0 Å². The minimum Gasteiger partial charge on any atom is -0.357 e. The fraction of sp³-hybridized carbons (Fsp3) is 0.444. The molecule has 0 aliphatic heterocycles. The van der Waals surface area contributed by atoms with Gasteiger partial charge in [-0.05, 0) is 50.3 Å². The third kappa shape index (κ3) is 9.18. The van der Waals surface area contributed by atoms with Crippen molar-refractivity contribution < 1.29 is 4.39 Å². The molecule has 0 unspecified atom stereocenters. The molecule has 26 heavy (non-hydrogen) atoms. The van der Waals surface area contributed by atoms with Crippen LogP contribution in [0, 0.1) is 12.7 Å². The second-order valence-electron chi connectivity index (χ2n) is 5.46. The summed E-state index contributed by atoms with van der Waals surface area (Å²) >= 11 is 3.47. The van der Waals surface area contributed by atoms with E-state index in [0.29, 0.717) is 0 Å². The van der Waals surface area contributed by atoms with Crippen LogP contribution in [0.25, 0.3) is 0 Å². The Labute approximate surface area is 180 Å². The molecule has 0 fully saturated rings. The molecule has 0 saturated carbocycles. The summed E-state index contributed by atoms with van der Waals surface area (Å²) in [5, 5.41) is 7.76. The van der Waals surface area contributed by atoms with Crippen molar-refractivity contribution >= 4 is 53.0 Å². The lowest BCUT2D eigenvalue weighted by Gasteiger charge is -2.10. The molecular formula is C18H26FIN4S2. The lowest BCUT2D eigenvalue weighted by molar-refractivity contribution is 0.626. The summed E-state index contributed by atoms with van der Waals surface area (Å²) in [4.78, 5) is 11.3. The number of aryl methyl sites for hydroxylation is 1. The average molecular weight is 508 g/mol. The van der Waals surface area contributed by atoms with Crippen molar-refractivity contribution in [1.82, 2.24) is 15.6 Å². The second kappa shape index (κ2) is 13.3. The van der Waals surface area contributed by atoms with Gasteiger partial charge in [-0.25, -0.2) is 9.37 Å². The van der Waals surface area contributed by atoms with Gasteiger partial charge in [0.1, 0.15) is 5.82 Å². The van der Waals surface area contributed by atoms with E-state index < -0.39 is 0 Å². The number of thiazole rings is 1. The summed E-state index contributed by atoms with van der Waals surface area (Å²) in [6.07, 6.45) is 3.80. The standard InChI is InChI=1S/C18H25FN4S2.HI/c1-3-20-18(22-11-9-17-23-13-14(2)25-17)21-10-4-12-24-16-7-5-15(19)6-8-16;/h5-8,13H,3-4,9-12H2,1-2H3,(H2,20,21,22);1H. The van der Waals surface area contributed by atoms with Crippen LogP contribution in [0.4, 0.5) is 4.39 Å². The van der Waals surface area contributed by atoms with E-state index in [2.05, 4.69) is 34.5 Å². The van der Waals surface area contributed by atoms with Crippen LogP contribution < -0.4 is 10.6 Å². The lowest BCUT2D eigenvalue weighted by Crippen LogP contribution is -2.38. The van der Waals surface area contributed by atoms with Gasteiger partial charge in [0.15, 0.2) is 5.96 Å². The van der Waals surface area contributed by atoms with Gasteiger partial charge in [0.25, 0.3) is 0 Å². The van der Waals surface area contributed by atoms with Crippen LogP contribution in [-0.2, 0) is 6.42 Å². The Morgan fingerprint density at radius 1 is 1.27 bits per heavy atom. The van der Waals surface area contributed by atoms with Crippen LogP contribution in [-0.4, -0.2) is 36.3 Å². The molecule has 2 aromatic rings. The van der Waals surface area contributed by atoms with Crippen molar-refractivity contribution in [2.24, 2.45) is 4.99 Å². The first-order valence-electron chi connectivity index (χ1n) is 8.49. The topological polar surface area (TPSA) is 49.3 Å². The quantitative estimate of drug-likeness (QED) is 0.172. The minimum absolute atomic E-state index is 0. The third-order valence-corrected chi connectivity index (χ3v) is 5.37. The van der Waals surface area contributed by atoms with Crippen molar-refractivity contribution in [3.05, 3.63) is 46.2 Å². The summed E-state index contributed by atoms with van der Waals surface area (Å²) in [5.74, 6) is 1.62. The normalized spacial score (nSPS) is 11.1. The molecule has 1 aromatic heterocycles. The molecular weight excluding hydrogens is 482 g/mol. The van der Waals surface area contributed by atoms with Gasteiger partial charge in [-0.15, -0.1) is 47.1 Å².